The van der Waals surface area contributed by atoms with Crippen molar-refractivity contribution < 1.29 is 14.6 Å². The van der Waals surface area contributed by atoms with Crippen LogP contribution in [0.15, 0.2) is 24.3 Å². The SMILES string of the molecule is COc1ccc(C(O)CNC(=O)Cc2c(C)nn(C)c2C)cc1. The summed E-state index contributed by atoms with van der Waals surface area (Å²) in [5.41, 5.74) is 3.51. The zero-order valence-electron chi connectivity index (χ0n) is 14.0. The molecule has 1 aromatic carbocycles. The molecule has 0 aliphatic rings. The van der Waals surface area contributed by atoms with E-state index >= 15 is 0 Å². The molecule has 124 valence electrons. The molecule has 0 aliphatic carbocycles. The first kappa shape index (κ1) is 17.0. The normalized spacial score (nSPS) is 12.0. The average molecular weight is 317 g/mol. The maximum absolute atomic E-state index is 12.1. The summed E-state index contributed by atoms with van der Waals surface area (Å²) in [5, 5.41) is 17.2. The van der Waals surface area contributed by atoms with Crippen molar-refractivity contribution in [2.75, 3.05) is 13.7 Å². The fourth-order valence-electron chi connectivity index (χ4n) is 2.45. The lowest BCUT2D eigenvalue weighted by atomic mass is 10.1. The Morgan fingerprint density at radius 1 is 1.35 bits per heavy atom. The summed E-state index contributed by atoms with van der Waals surface area (Å²) in [6, 6.07) is 7.13. The van der Waals surface area contributed by atoms with Crippen LogP contribution >= 0.6 is 0 Å². The van der Waals surface area contributed by atoms with E-state index in [-0.39, 0.29) is 18.9 Å². The quantitative estimate of drug-likeness (QED) is 0.845. The Balaban J connectivity index is 1.90. The number of carbonyl (C=O) groups is 1. The van der Waals surface area contributed by atoms with Crippen LogP contribution in [0, 0.1) is 13.8 Å². The number of hydrogen-bond acceptors (Lipinski definition) is 4. The summed E-state index contributed by atoms with van der Waals surface area (Å²) in [7, 11) is 3.45. The molecule has 1 atom stereocenters. The van der Waals surface area contributed by atoms with Gasteiger partial charge in [-0.15, -0.1) is 0 Å². The molecule has 0 radical (unpaired) electrons. The number of carbonyl (C=O) groups excluding carboxylic acids is 1. The first-order valence-electron chi connectivity index (χ1n) is 7.50. The van der Waals surface area contributed by atoms with Crippen molar-refractivity contribution in [2.45, 2.75) is 26.4 Å². The van der Waals surface area contributed by atoms with E-state index in [4.69, 9.17) is 4.74 Å². The van der Waals surface area contributed by atoms with Crippen LogP contribution in [0.1, 0.15) is 28.6 Å². The zero-order chi connectivity index (χ0) is 17.0. The number of nitrogens with one attached hydrogen (secondary N) is 1. The molecule has 0 fully saturated rings. The number of aliphatic hydroxyl groups excluding tert-OH is 1. The van der Waals surface area contributed by atoms with Crippen LogP contribution in [0.4, 0.5) is 0 Å². The Hall–Kier alpha value is -2.34. The highest BCUT2D eigenvalue weighted by atomic mass is 16.5. The predicted octanol–water partition coefficient (Wildman–Crippen LogP) is 1.44. The van der Waals surface area contributed by atoms with Gasteiger partial charge in [-0.1, -0.05) is 12.1 Å². The number of methoxy groups -OCH3 is 1. The van der Waals surface area contributed by atoms with Crippen molar-refractivity contribution in [3.8, 4) is 5.75 Å². The number of aliphatic hydroxyl groups is 1. The summed E-state index contributed by atoms with van der Waals surface area (Å²) in [6.45, 7) is 4.00. The summed E-state index contributed by atoms with van der Waals surface area (Å²) in [4.78, 5) is 12.1. The van der Waals surface area contributed by atoms with Gasteiger partial charge in [0.05, 0.1) is 25.3 Å². The van der Waals surface area contributed by atoms with Gasteiger partial charge in [-0.3, -0.25) is 9.48 Å². The third-order valence-corrected chi connectivity index (χ3v) is 3.99. The number of benzene rings is 1. The molecule has 2 aromatic rings. The van der Waals surface area contributed by atoms with Crippen LogP contribution in [0.3, 0.4) is 0 Å². The molecule has 6 heteroatoms. The number of aryl methyl sites for hydroxylation is 2. The molecule has 6 nitrogen and oxygen atoms in total. The molecule has 0 bridgehead atoms. The van der Waals surface area contributed by atoms with Crippen LogP contribution in [0.25, 0.3) is 0 Å². The molecular formula is C17H23N3O3. The van der Waals surface area contributed by atoms with E-state index in [2.05, 4.69) is 10.4 Å². The Bertz CT molecular complexity index is 677. The van der Waals surface area contributed by atoms with Gasteiger partial charge in [0.15, 0.2) is 0 Å². The topological polar surface area (TPSA) is 76.4 Å². The number of amides is 1. The van der Waals surface area contributed by atoms with Crippen molar-refractivity contribution in [2.24, 2.45) is 7.05 Å². The van der Waals surface area contributed by atoms with Crippen LogP contribution in [-0.2, 0) is 18.3 Å². The zero-order valence-corrected chi connectivity index (χ0v) is 14.0. The number of hydrogen-bond donors (Lipinski definition) is 2. The van der Waals surface area contributed by atoms with Gasteiger partial charge in [-0.2, -0.15) is 5.10 Å². The molecule has 0 spiro atoms. The molecule has 0 saturated carbocycles. The molecule has 2 N–H and O–H groups in total. The molecule has 1 aromatic heterocycles. The highest BCUT2D eigenvalue weighted by molar-refractivity contribution is 5.79. The Labute approximate surface area is 136 Å². The van der Waals surface area contributed by atoms with Crippen molar-refractivity contribution in [1.29, 1.82) is 0 Å². The molecule has 1 amide bonds. The molecule has 0 aliphatic heterocycles. The summed E-state index contributed by atoms with van der Waals surface area (Å²) in [5.74, 6) is 0.601. The van der Waals surface area contributed by atoms with Crippen molar-refractivity contribution in [1.82, 2.24) is 15.1 Å². The highest BCUT2D eigenvalue weighted by Crippen LogP contribution is 2.17. The number of rotatable bonds is 6. The second-order valence-electron chi connectivity index (χ2n) is 5.54. The predicted molar refractivity (Wildman–Crippen MR) is 87.3 cm³/mol. The highest BCUT2D eigenvalue weighted by Gasteiger charge is 2.15. The number of aromatic nitrogens is 2. The van der Waals surface area contributed by atoms with Crippen LogP contribution in [0.2, 0.25) is 0 Å². The van der Waals surface area contributed by atoms with Crippen LogP contribution < -0.4 is 10.1 Å². The third-order valence-electron chi connectivity index (χ3n) is 3.99. The van der Waals surface area contributed by atoms with Gasteiger partial charge in [-0.25, -0.2) is 0 Å². The van der Waals surface area contributed by atoms with Crippen LogP contribution in [-0.4, -0.2) is 34.4 Å². The molecule has 0 saturated heterocycles. The third kappa shape index (κ3) is 4.10. The maximum Gasteiger partial charge on any atom is 0.224 e. The van der Waals surface area contributed by atoms with E-state index in [1.54, 1.807) is 36.1 Å². The van der Waals surface area contributed by atoms with Crippen molar-refractivity contribution in [3.05, 3.63) is 46.8 Å². The Morgan fingerprint density at radius 2 is 2.00 bits per heavy atom. The maximum atomic E-state index is 12.1. The fourth-order valence-corrected chi connectivity index (χ4v) is 2.45. The van der Waals surface area contributed by atoms with Gasteiger partial charge < -0.3 is 15.2 Å². The first-order valence-corrected chi connectivity index (χ1v) is 7.50. The van der Waals surface area contributed by atoms with E-state index in [0.717, 1.165) is 28.3 Å². The van der Waals surface area contributed by atoms with Gasteiger partial charge in [0.2, 0.25) is 5.91 Å². The first-order chi connectivity index (χ1) is 10.9. The van der Waals surface area contributed by atoms with Gasteiger partial charge in [0.1, 0.15) is 5.75 Å². The Morgan fingerprint density at radius 3 is 2.52 bits per heavy atom. The second kappa shape index (κ2) is 7.28. The van der Waals surface area contributed by atoms with E-state index in [0.29, 0.717) is 0 Å². The lowest BCUT2D eigenvalue weighted by Gasteiger charge is -2.13. The lowest BCUT2D eigenvalue weighted by Crippen LogP contribution is -2.30. The summed E-state index contributed by atoms with van der Waals surface area (Å²) >= 11 is 0. The second-order valence-corrected chi connectivity index (χ2v) is 5.54. The smallest absolute Gasteiger partial charge is 0.224 e. The van der Waals surface area contributed by atoms with E-state index < -0.39 is 6.10 Å². The fraction of sp³-hybridized carbons (Fsp3) is 0.412. The average Bonchev–Trinajstić information content (AvgIpc) is 2.79. The van der Waals surface area contributed by atoms with Gasteiger partial charge in [-0.05, 0) is 31.5 Å². The van der Waals surface area contributed by atoms with Gasteiger partial charge >= 0.3 is 0 Å². The molecule has 1 unspecified atom stereocenters. The largest absolute Gasteiger partial charge is 0.497 e. The van der Waals surface area contributed by atoms with Gasteiger partial charge in [0.25, 0.3) is 0 Å². The number of ether oxygens (including phenoxy) is 1. The van der Waals surface area contributed by atoms with Crippen molar-refractivity contribution >= 4 is 5.91 Å². The lowest BCUT2D eigenvalue weighted by molar-refractivity contribution is -0.120. The molecular weight excluding hydrogens is 294 g/mol. The monoisotopic (exact) mass is 317 g/mol. The van der Waals surface area contributed by atoms with Crippen molar-refractivity contribution in [3.63, 3.8) is 0 Å². The minimum atomic E-state index is -0.749. The molecule has 1 heterocycles. The van der Waals surface area contributed by atoms with Crippen LogP contribution in [0.5, 0.6) is 5.75 Å². The van der Waals surface area contributed by atoms with E-state index in [1.165, 1.54) is 0 Å². The summed E-state index contributed by atoms with van der Waals surface area (Å²) in [6.07, 6.45) is -0.484. The minimum Gasteiger partial charge on any atom is -0.497 e. The standard InChI is InChI=1S/C17H23N3O3/c1-11-15(12(2)20(3)19-11)9-17(22)18-10-16(21)13-5-7-14(23-4)8-6-13/h5-8,16,21H,9-10H2,1-4H3,(H,18,22). The molecule has 23 heavy (non-hydrogen) atoms. The Kier molecular flexibility index (Phi) is 5.39. The van der Waals surface area contributed by atoms with Gasteiger partial charge in [0, 0.05) is 24.8 Å². The molecule has 2 rings (SSSR count). The van der Waals surface area contributed by atoms with E-state index in [9.17, 15) is 9.90 Å². The summed E-state index contributed by atoms with van der Waals surface area (Å²) < 4.78 is 6.85. The van der Waals surface area contributed by atoms with E-state index in [1.807, 2.05) is 20.9 Å². The minimum absolute atomic E-state index is 0.128. The number of nitrogens with zero attached hydrogens (tertiary/aromatic N) is 2.